The summed E-state index contributed by atoms with van der Waals surface area (Å²) < 4.78 is 0. The van der Waals surface area contributed by atoms with E-state index in [1.54, 1.807) is 17.2 Å². The van der Waals surface area contributed by atoms with E-state index in [0.29, 0.717) is 18.2 Å². The zero-order valence-corrected chi connectivity index (χ0v) is 8.81. The summed E-state index contributed by atoms with van der Waals surface area (Å²) in [5.74, 6) is -0.0162. The Morgan fingerprint density at radius 3 is 2.93 bits per heavy atom. The number of likely N-dealkylation sites (tertiary alicyclic amines) is 1. The summed E-state index contributed by atoms with van der Waals surface area (Å²) in [4.78, 5) is 16.9. The fraction of sp³-hybridized carbons (Fsp3) is 0.400. The van der Waals surface area contributed by atoms with Crippen molar-refractivity contribution in [3.63, 3.8) is 0 Å². The molecule has 1 atom stereocenters. The van der Waals surface area contributed by atoms with Gasteiger partial charge >= 0.3 is 0 Å². The van der Waals surface area contributed by atoms with Crippen LogP contribution in [0.3, 0.4) is 0 Å². The van der Waals surface area contributed by atoms with Crippen LogP contribution >= 0.6 is 11.6 Å². The van der Waals surface area contributed by atoms with Crippen molar-refractivity contribution in [2.75, 3.05) is 6.54 Å². The number of nitrogens with zero attached hydrogens (tertiary/aromatic N) is 2. The second kappa shape index (κ2) is 4.16. The lowest BCUT2D eigenvalue weighted by Crippen LogP contribution is -2.25. The van der Waals surface area contributed by atoms with E-state index >= 15 is 0 Å². The van der Waals surface area contributed by atoms with Crippen molar-refractivity contribution < 1.29 is 9.90 Å². The van der Waals surface area contributed by atoms with Gasteiger partial charge in [0.2, 0.25) is 5.91 Å². The first-order chi connectivity index (χ1) is 7.15. The van der Waals surface area contributed by atoms with E-state index in [-0.39, 0.29) is 12.3 Å². The standard InChI is InChI=1S/C10H11ClN2O2/c11-9-2-1-7(4-12-9)5-13-6-8(14)3-10(13)15/h1-2,4,8,14H,3,5-6H2. The molecule has 1 amide bonds. The SMILES string of the molecule is O=C1CC(O)CN1Cc1ccc(Cl)nc1. The molecule has 15 heavy (non-hydrogen) atoms. The Kier molecular flexibility index (Phi) is 2.88. The van der Waals surface area contributed by atoms with Crippen molar-refractivity contribution >= 4 is 17.5 Å². The average molecular weight is 227 g/mol. The van der Waals surface area contributed by atoms with Gasteiger partial charge in [-0.1, -0.05) is 17.7 Å². The number of pyridine rings is 1. The van der Waals surface area contributed by atoms with Gasteiger partial charge in [-0.05, 0) is 11.6 Å². The van der Waals surface area contributed by atoms with Crippen molar-refractivity contribution in [1.29, 1.82) is 0 Å². The molecule has 4 nitrogen and oxygen atoms in total. The fourth-order valence-corrected chi connectivity index (χ4v) is 1.74. The molecule has 0 radical (unpaired) electrons. The molecule has 1 saturated heterocycles. The van der Waals surface area contributed by atoms with Crippen LogP contribution in [0.5, 0.6) is 0 Å². The minimum atomic E-state index is -0.530. The first kappa shape index (κ1) is 10.4. The highest BCUT2D eigenvalue weighted by Crippen LogP contribution is 2.15. The predicted octanol–water partition coefficient (Wildman–Crippen LogP) is 0.828. The molecule has 0 saturated carbocycles. The van der Waals surface area contributed by atoms with E-state index in [9.17, 15) is 9.90 Å². The van der Waals surface area contributed by atoms with E-state index in [2.05, 4.69) is 4.98 Å². The molecule has 0 spiro atoms. The van der Waals surface area contributed by atoms with Crippen LogP contribution in [0.2, 0.25) is 5.15 Å². The molecule has 1 unspecified atom stereocenters. The number of hydrogen-bond donors (Lipinski definition) is 1. The molecule has 5 heteroatoms. The minimum Gasteiger partial charge on any atom is -0.391 e. The van der Waals surface area contributed by atoms with Crippen LogP contribution in [0, 0.1) is 0 Å². The minimum absolute atomic E-state index is 0.0162. The Morgan fingerprint density at radius 1 is 1.60 bits per heavy atom. The van der Waals surface area contributed by atoms with Crippen LogP contribution in [0.15, 0.2) is 18.3 Å². The number of amides is 1. The van der Waals surface area contributed by atoms with Gasteiger partial charge in [0, 0.05) is 19.3 Å². The van der Waals surface area contributed by atoms with Crippen molar-refractivity contribution in [2.45, 2.75) is 19.1 Å². The van der Waals surface area contributed by atoms with Crippen LogP contribution in [0.1, 0.15) is 12.0 Å². The lowest BCUT2D eigenvalue weighted by molar-refractivity contribution is -0.128. The number of aromatic nitrogens is 1. The molecule has 0 aromatic carbocycles. The first-order valence-corrected chi connectivity index (χ1v) is 5.09. The van der Waals surface area contributed by atoms with Gasteiger partial charge in [-0.15, -0.1) is 0 Å². The zero-order chi connectivity index (χ0) is 10.8. The van der Waals surface area contributed by atoms with Crippen molar-refractivity contribution in [3.8, 4) is 0 Å². The summed E-state index contributed by atoms with van der Waals surface area (Å²) in [5, 5.41) is 9.73. The number of aliphatic hydroxyl groups is 1. The van der Waals surface area contributed by atoms with Crippen LogP contribution in [-0.2, 0) is 11.3 Å². The summed E-state index contributed by atoms with van der Waals surface area (Å²) in [5.41, 5.74) is 0.918. The maximum atomic E-state index is 11.4. The highest BCUT2D eigenvalue weighted by molar-refractivity contribution is 6.29. The van der Waals surface area contributed by atoms with E-state index in [4.69, 9.17) is 11.6 Å². The average Bonchev–Trinajstić information content (AvgIpc) is 2.49. The maximum absolute atomic E-state index is 11.4. The van der Waals surface area contributed by atoms with Gasteiger partial charge in [-0.2, -0.15) is 0 Å². The topological polar surface area (TPSA) is 53.4 Å². The molecule has 0 aliphatic carbocycles. The van der Waals surface area contributed by atoms with Crippen LogP contribution in [-0.4, -0.2) is 33.5 Å². The third kappa shape index (κ3) is 2.46. The highest BCUT2D eigenvalue weighted by atomic mass is 35.5. The number of hydrogen-bond acceptors (Lipinski definition) is 3. The van der Waals surface area contributed by atoms with Crippen molar-refractivity contribution in [1.82, 2.24) is 9.88 Å². The normalized spacial score (nSPS) is 21.1. The number of aliphatic hydroxyl groups excluding tert-OH is 1. The fourth-order valence-electron chi connectivity index (χ4n) is 1.62. The quantitative estimate of drug-likeness (QED) is 0.760. The Labute approximate surface area is 92.5 Å². The highest BCUT2D eigenvalue weighted by Gasteiger charge is 2.27. The molecule has 1 aliphatic rings. The van der Waals surface area contributed by atoms with Gasteiger partial charge in [0.05, 0.1) is 12.5 Å². The maximum Gasteiger partial charge on any atom is 0.225 e. The summed E-state index contributed by atoms with van der Waals surface area (Å²) in [6, 6.07) is 3.52. The lowest BCUT2D eigenvalue weighted by atomic mass is 10.3. The second-order valence-electron chi connectivity index (χ2n) is 3.62. The number of halogens is 1. The predicted molar refractivity (Wildman–Crippen MR) is 55.3 cm³/mol. The number of carbonyl (C=O) groups is 1. The Bertz CT molecular complexity index is 366. The van der Waals surface area contributed by atoms with E-state index in [1.807, 2.05) is 6.07 Å². The number of β-amino-alcohol motifs (C(OH)–C–C–N with tert-alkyl or cyclic N) is 1. The van der Waals surface area contributed by atoms with E-state index in [1.165, 1.54) is 0 Å². The summed E-state index contributed by atoms with van der Waals surface area (Å²) in [7, 11) is 0. The third-order valence-electron chi connectivity index (χ3n) is 2.36. The van der Waals surface area contributed by atoms with Crippen molar-refractivity contribution in [2.24, 2.45) is 0 Å². The Morgan fingerprint density at radius 2 is 2.40 bits per heavy atom. The molecular weight excluding hydrogens is 216 g/mol. The van der Waals surface area contributed by atoms with Gasteiger partial charge in [0.25, 0.3) is 0 Å². The Hall–Kier alpha value is -1.13. The van der Waals surface area contributed by atoms with Gasteiger partial charge in [0.1, 0.15) is 5.15 Å². The van der Waals surface area contributed by atoms with Crippen LogP contribution in [0.4, 0.5) is 0 Å². The molecule has 2 heterocycles. The molecular formula is C10H11ClN2O2. The van der Waals surface area contributed by atoms with E-state index < -0.39 is 6.10 Å². The Balaban J connectivity index is 2.03. The second-order valence-corrected chi connectivity index (χ2v) is 4.01. The summed E-state index contributed by atoms with van der Waals surface area (Å²) in [6.07, 6.45) is 1.33. The monoisotopic (exact) mass is 226 g/mol. The third-order valence-corrected chi connectivity index (χ3v) is 2.58. The smallest absolute Gasteiger partial charge is 0.225 e. The first-order valence-electron chi connectivity index (χ1n) is 4.71. The molecule has 1 aromatic heterocycles. The van der Waals surface area contributed by atoms with Crippen LogP contribution < -0.4 is 0 Å². The van der Waals surface area contributed by atoms with Crippen molar-refractivity contribution in [3.05, 3.63) is 29.0 Å². The lowest BCUT2D eigenvalue weighted by Gasteiger charge is -2.15. The molecule has 1 aromatic rings. The van der Waals surface area contributed by atoms with Gasteiger partial charge < -0.3 is 10.0 Å². The molecule has 2 rings (SSSR count). The summed E-state index contributed by atoms with van der Waals surface area (Å²) in [6.45, 7) is 0.890. The van der Waals surface area contributed by atoms with Gasteiger partial charge in [0.15, 0.2) is 0 Å². The van der Waals surface area contributed by atoms with Gasteiger partial charge in [-0.25, -0.2) is 4.98 Å². The molecule has 1 aliphatic heterocycles. The van der Waals surface area contributed by atoms with Gasteiger partial charge in [-0.3, -0.25) is 4.79 Å². The number of carbonyl (C=O) groups excluding carboxylic acids is 1. The molecule has 1 fully saturated rings. The zero-order valence-electron chi connectivity index (χ0n) is 8.06. The molecule has 1 N–H and O–H groups in total. The molecule has 0 bridgehead atoms. The number of rotatable bonds is 2. The summed E-state index contributed by atoms with van der Waals surface area (Å²) >= 11 is 5.65. The van der Waals surface area contributed by atoms with Crippen LogP contribution in [0.25, 0.3) is 0 Å². The molecule has 80 valence electrons. The largest absolute Gasteiger partial charge is 0.391 e. The van der Waals surface area contributed by atoms with E-state index in [0.717, 1.165) is 5.56 Å².